The number of hydrogen-bond donors (Lipinski definition) is 2. The first-order valence-electron chi connectivity index (χ1n) is 14.0. The summed E-state index contributed by atoms with van der Waals surface area (Å²) in [6, 6.07) is 10.8. The number of halogens is 5. The van der Waals surface area contributed by atoms with Crippen LogP contribution in [0.2, 0.25) is 0 Å². The third-order valence-corrected chi connectivity index (χ3v) is 9.21. The Morgan fingerprint density at radius 2 is 1.11 bits per heavy atom. The first-order valence-corrected chi connectivity index (χ1v) is 20.1. The van der Waals surface area contributed by atoms with E-state index >= 15 is 0 Å². The maximum Gasteiger partial charge on any atom is 1.00 e. The van der Waals surface area contributed by atoms with Crippen LogP contribution in [-0.4, -0.2) is 64.4 Å². The molecule has 0 atom stereocenters. The molecule has 0 amide bonds. The van der Waals surface area contributed by atoms with E-state index in [0.717, 1.165) is 15.6 Å². The largest absolute Gasteiger partial charge is 1.00 e. The Morgan fingerprint density at radius 3 is 1.50 bits per heavy atom. The normalized spacial score (nSPS) is 10.4. The number of aromatic hydroxyl groups is 2. The van der Waals surface area contributed by atoms with Crippen LogP contribution in [0, 0.1) is 32.6 Å². The summed E-state index contributed by atoms with van der Waals surface area (Å²) in [6.07, 6.45) is 1.24. The Kier molecular flexibility index (Phi) is 37.3. The van der Waals surface area contributed by atoms with Crippen LogP contribution in [0.4, 0.5) is 0 Å². The number of benzene rings is 3. The van der Waals surface area contributed by atoms with E-state index in [4.69, 9.17) is 45.4 Å². The van der Waals surface area contributed by atoms with Gasteiger partial charge in [-0.15, -0.1) is 0 Å². The van der Waals surface area contributed by atoms with Gasteiger partial charge < -0.3 is 50.5 Å². The summed E-state index contributed by atoms with van der Waals surface area (Å²) in [7, 11) is 8.97. The summed E-state index contributed by atoms with van der Waals surface area (Å²) in [5, 5.41) is 24.4. The average Bonchev–Trinajstić information content (AvgIpc) is 3.14. The Morgan fingerprint density at radius 1 is 0.648 bits per heavy atom. The Hall–Kier alpha value is -2.19. The van der Waals surface area contributed by atoms with Crippen molar-refractivity contribution in [2.75, 3.05) is 42.7 Å². The van der Waals surface area contributed by atoms with Gasteiger partial charge in [0.05, 0.1) is 51.6 Å². The fourth-order valence-electron chi connectivity index (χ4n) is 3.85. The van der Waals surface area contributed by atoms with Crippen molar-refractivity contribution < 1.29 is 82.4 Å². The summed E-state index contributed by atoms with van der Waals surface area (Å²) in [5.74, 6) is 2.25. The number of rotatable bonds is 6. The van der Waals surface area contributed by atoms with Gasteiger partial charge in [-0.3, -0.25) is 9.59 Å². The minimum absolute atomic E-state index is 0. The quantitative estimate of drug-likeness (QED) is 0.105. The van der Waals surface area contributed by atoms with Crippen molar-refractivity contribution in [3.63, 3.8) is 0 Å². The van der Waals surface area contributed by atoms with E-state index in [1.54, 1.807) is 47.5 Å². The molecule has 2 N–H and O–H groups in total. The first kappa shape index (κ1) is 61.0. The number of nitrogens with zero attached hydrogens (tertiary/aromatic N) is 1. The first-order chi connectivity index (χ1) is 24.1. The molecule has 0 saturated carbocycles. The number of ether oxygens (including phenoxy) is 6. The summed E-state index contributed by atoms with van der Waals surface area (Å²) < 4.78 is 32.8. The van der Waals surface area contributed by atoms with Crippen LogP contribution in [0.3, 0.4) is 0 Å². The van der Waals surface area contributed by atoms with Gasteiger partial charge in [-0.2, -0.15) is 0 Å². The molecule has 3 aromatic rings. The number of aryl methyl sites for hydroxylation is 3. The molecule has 0 spiro atoms. The van der Waals surface area contributed by atoms with Crippen LogP contribution in [0.5, 0.6) is 34.5 Å². The SMILES string of the molecule is BrBr.C.COC1=C(OC)C(=O)C(C)=CC1=O.COc1cc(C)c(OC)c(OC)c1OC.Cc1cc(Br)c(O)c(Br)c1Br.Cc1ccc(O)cc1.[C-]#N.[Cu+].[Fe]. The van der Waals surface area contributed by atoms with E-state index in [1.165, 1.54) is 25.9 Å². The van der Waals surface area contributed by atoms with Gasteiger partial charge >= 0.3 is 17.1 Å². The molecule has 3 aromatic carbocycles. The molecule has 306 valence electrons. The number of allylic oxidation sites excluding steroid dienone is 2. The van der Waals surface area contributed by atoms with Crippen LogP contribution < -0.4 is 18.9 Å². The van der Waals surface area contributed by atoms with Crippen molar-refractivity contribution in [3.05, 3.63) is 96.2 Å². The summed E-state index contributed by atoms with van der Waals surface area (Å²) in [4.78, 5) is 22.6. The maximum absolute atomic E-state index is 11.4. The molecule has 1 aliphatic carbocycles. The van der Waals surface area contributed by atoms with Gasteiger partial charge in [0.2, 0.25) is 34.6 Å². The Balaban J connectivity index is -0.000000191. The Bertz CT molecular complexity index is 1640. The van der Waals surface area contributed by atoms with Gasteiger partial charge in [0.1, 0.15) is 11.5 Å². The average molecular weight is 1170 g/mol. The van der Waals surface area contributed by atoms with Crippen LogP contribution in [-0.2, 0) is 53.2 Å². The van der Waals surface area contributed by atoms with Crippen LogP contribution in [0.1, 0.15) is 31.0 Å². The summed E-state index contributed by atoms with van der Waals surface area (Å²) >= 11 is 15.3. The van der Waals surface area contributed by atoms with E-state index in [2.05, 4.69) is 76.0 Å². The molecule has 0 bridgehead atoms. The van der Waals surface area contributed by atoms with Gasteiger partial charge in [0, 0.05) is 55.4 Å². The zero-order valence-electron chi connectivity index (χ0n) is 30.2. The van der Waals surface area contributed by atoms with E-state index in [1.807, 2.05) is 45.0 Å². The van der Waals surface area contributed by atoms with E-state index in [0.29, 0.717) is 43.3 Å². The zero-order chi connectivity index (χ0) is 40.0. The van der Waals surface area contributed by atoms with Gasteiger partial charge in [-0.1, -0.05) is 25.1 Å². The monoisotopic (exact) mass is 1160 g/mol. The number of carbonyl (C=O) groups excluding carboxylic acids is 2. The third-order valence-electron chi connectivity index (χ3n) is 6.27. The molecule has 0 heterocycles. The number of Topliss-reactive ketones (excluding diaryl/α,β-unsaturated/α-hetero) is 1. The van der Waals surface area contributed by atoms with Crippen molar-refractivity contribution in [2.45, 2.75) is 35.1 Å². The molecular weight excluding hydrogens is 1130 g/mol. The molecular formula is C36H43Br5CuFeNO10. The van der Waals surface area contributed by atoms with E-state index < -0.39 is 0 Å². The number of phenols is 2. The predicted octanol–water partition coefficient (Wildman–Crippen LogP) is 10.7. The van der Waals surface area contributed by atoms with Gasteiger partial charge in [0.15, 0.2) is 11.5 Å². The number of carbonyl (C=O) groups is 2. The van der Waals surface area contributed by atoms with Crippen LogP contribution in [0.15, 0.2) is 73.0 Å². The topological polar surface area (TPSA) is 154 Å². The zero-order valence-corrected chi connectivity index (χ0v) is 40.2. The molecule has 11 nitrogen and oxygen atoms in total. The van der Waals surface area contributed by atoms with Crippen molar-refractivity contribution in [2.24, 2.45) is 0 Å². The minimum Gasteiger partial charge on any atom is -0.512 e. The molecule has 0 aromatic heterocycles. The molecule has 0 unspecified atom stereocenters. The standard InChI is InChI=1S/C11H16O4.C9H10O4.C7H5Br3O.C7H8O.CN.CH4.Br2.Cu.Fe/c1-7-6-8(12-2)10(14-4)11(15-5)9(7)13-3;1-5-4-6(10)8(12-2)9(13-3)7(5)11;1-3-2-4(8)7(11)6(10)5(3)9;1-6-2-4-7(8)5-3-6;1-2;;1-2;;/h6H,1-5H3;4H,1-3H3;2,11H,1H3;2-5,8H,1H3;;1H4;;;/q;;;;-1;;;+1;. The number of phenolic OH excluding ortho intramolecular Hbond substituents is 2. The second-order valence-corrected chi connectivity index (χ2v) is 12.0. The number of methoxy groups -OCH3 is 6. The molecule has 54 heavy (non-hydrogen) atoms. The summed E-state index contributed by atoms with van der Waals surface area (Å²) in [6.45, 7) is 12.2. The maximum atomic E-state index is 11.4. The van der Waals surface area contributed by atoms with Crippen molar-refractivity contribution >= 4 is 87.6 Å². The molecule has 1 aliphatic rings. The fourth-order valence-corrected chi connectivity index (χ4v) is 5.49. The smallest absolute Gasteiger partial charge is 0.512 e. The fraction of sp³-hybridized carbons (Fsp3) is 0.306. The molecule has 0 saturated heterocycles. The van der Waals surface area contributed by atoms with Crippen molar-refractivity contribution in [1.29, 1.82) is 5.26 Å². The van der Waals surface area contributed by atoms with Crippen molar-refractivity contribution in [1.82, 2.24) is 0 Å². The van der Waals surface area contributed by atoms with Crippen LogP contribution >= 0.6 is 76.0 Å². The molecule has 0 aliphatic heterocycles. The molecule has 0 fully saturated rings. The summed E-state index contributed by atoms with van der Waals surface area (Å²) in [5.41, 5.74) is 3.54. The molecule has 18 heteroatoms. The second kappa shape index (κ2) is 33.0. The third kappa shape index (κ3) is 18.6. The molecule has 4 rings (SSSR count). The van der Waals surface area contributed by atoms with Gasteiger partial charge in [-0.05, 0) is 117 Å². The van der Waals surface area contributed by atoms with Crippen molar-refractivity contribution in [3.8, 4) is 34.5 Å². The minimum atomic E-state index is -0.337. The second-order valence-electron chi connectivity index (χ2n) is 9.57. The van der Waals surface area contributed by atoms with E-state index in [9.17, 15) is 14.7 Å². The van der Waals surface area contributed by atoms with Gasteiger partial charge in [0.25, 0.3) is 0 Å². The number of ketones is 2. The number of hydrogen-bond acceptors (Lipinski definition) is 11. The molecule has 0 radical (unpaired) electrons. The van der Waals surface area contributed by atoms with E-state index in [-0.39, 0.29) is 70.4 Å². The Labute approximate surface area is 380 Å². The van der Waals surface area contributed by atoms with Gasteiger partial charge in [-0.25, -0.2) is 0 Å². The van der Waals surface area contributed by atoms with Crippen LogP contribution in [0.25, 0.3) is 0 Å². The predicted molar refractivity (Wildman–Crippen MR) is 221 cm³/mol.